The van der Waals surface area contributed by atoms with Gasteiger partial charge in [0, 0.05) is 5.02 Å². The van der Waals surface area contributed by atoms with E-state index in [0.717, 1.165) is 5.56 Å². The van der Waals surface area contributed by atoms with Gasteiger partial charge >= 0.3 is 11.9 Å². The molecule has 0 N–H and O–H groups in total. The molecule has 0 saturated heterocycles. The molecule has 0 aliphatic rings. The summed E-state index contributed by atoms with van der Waals surface area (Å²) in [7, 11) is 0. The van der Waals surface area contributed by atoms with E-state index >= 15 is 0 Å². The molecular formula is C19H19ClO4. The van der Waals surface area contributed by atoms with Crippen LogP contribution < -0.4 is 0 Å². The van der Waals surface area contributed by atoms with Crippen LogP contribution in [0.3, 0.4) is 0 Å². The second-order valence-corrected chi connectivity index (χ2v) is 6.18. The normalized spacial score (nSPS) is 10.5. The Labute approximate surface area is 146 Å². The van der Waals surface area contributed by atoms with Crippen molar-refractivity contribution in [1.82, 2.24) is 0 Å². The Bertz CT molecular complexity index is 725. The molecule has 126 valence electrons. The average Bonchev–Trinajstić information content (AvgIpc) is 2.57. The van der Waals surface area contributed by atoms with E-state index in [-0.39, 0.29) is 23.7 Å². The minimum absolute atomic E-state index is 0.0781. The van der Waals surface area contributed by atoms with Crippen molar-refractivity contribution in [1.29, 1.82) is 0 Å². The first kappa shape index (κ1) is 18.0. The lowest BCUT2D eigenvalue weighted by Gasteiger charge is -2.11. The third-order valence-corrected chi connectivity index (χ3v) is 3.41. The minimum Gasteiger partial charge on any atom is -0.462 e. The lowest BCUT2D eigenvalue weighted by Crippen LogP contribution is -2.15. The van der Waals surface area contributed by atoms with Gasteiger partial charge < -0.3 is 9.47 Å². The topological polar surface area (TPSA) is 52.6 Å². The molecular weight excluding hydrogens is 328 g/mol. The first-order valence-electron chi connectivity index (χ1n) is 7.65. The van der Waals surface area contributed by atoms with Gasteiger partial charge in [-0.2, -0.15) is 0 Å². The predicted molar refractivity (Wildman–Crippen MR) is 92.1 cm³/mol. The monoisotopic (exact) mass is 346 g/mol. The largest absolute Gasteiger partial charge is 0.462 e. The van der Waals surface area contributed by atoms with Crippen LogP contribution in [0.2, 0.25) is 5.02 Å². The molecule has 0 unspecified atom stereocenters. The molecule has 0 atom stereocenters. The fourth-order valence-electron chi connectivity index (χ4n) is 2.01. The first-order valence-corrected chi connectivity index (χ1v) is 8.03. The number of halogens is 1. The Morgan fingerprint density at radius 1 is 0.958 bits per heavy atom. The van der Waals surface area contributed by atoms with Crippen LogP contribution in [0.15, 0.2) is 48.5 Å². The highest BCUT2D eigenvalue weighted by Crippen LogP contribution is 2.15. The second kappa shape index (κ2) is 8.50. The van der Waals surface area contributed by atoms with Gasteiger partial charge in [0.2, 0.25) is 0 Å². The Morgan fingerprint density at radius 3 is 2.17 bits per heavy atom. The summed E-state index contributed by atoms with van der Waals surface area (Å²) < 4.78 is 10.5. The van der Waals surface area contributed by atoms with Gasteiger partial charge in [0.25, 0.3) is 0 Å². The molecule has 0 aromatic heterocycles. The molecule has 2 aromatic rings. The van der Waals surface area contributed by atoms with E-state index in [1.165, 1.54) is 0 Å². The van der Waals surface area contributed by atoms with Crippen LogP contribution in [0, 0.1) is 5.92 Å². The lowest BCUT2D eigenvalue weighted by atomic mass is 10.1. The number of hydrogen-bond donors (Lipinski definition) is 0. The molecule has 0 saturated carbocycles. The quantitative estimate of drug-likeness (QED) is 0.722. The van der Waals surface area contributed by atoms with Gasteiger partial charge in [-0.05, 0) is 35.7 Å². The van der Waals surface area contributed by atoms with E-state index in [0.29, 0.717) is 11.6 Å². The summed E-state index contributed by atoms with van der Waals surface area (Å²) in [6, 6.07) is 13.5. The summed E-state index contributed by atoms with van der Waals surface area (Å²) in [4.78, 5) is 24.4. The zero-order chi connectivity index (χ0) is 17.5. The van der Waals surface area contributed by atoms with Gasteiger partial charge in [0.05, 0.1) is 17.7 Å². The van der Waals surface area contributed by atoms with Crippen LogP contribution in [0.1, 0.15) is 40.1 Å². The van der Waals surface area contributed by atoms with Crippen molar-refractivity contribution in [3.8, 4) is 0 Å². The number of benzene rings is 2. The molecule has 0 amide bonds. The highest BCUT2D eigenvalue weighted by molar-refractivity contribution is 6.30. The maximum absolute atomic E-state index is 12.3. The Morgan fingerprint density at radius 2 is 1.58 bits per heavy atom. The Hall–Kier alpha value is -2.33. The molecule has 0 aliphatic carbocycles. The standard InChI is InChI=1S/C19H19ClO4/c1-13(2)11-23-18(21)16-8-3-4-9-17(16)19(22)24-12-14-6-5-7-15(20)10-14/h3-10,13H,11-12H2,1-2H3. The molecule has 0 bridgehead atoms. The van der Waals surface area contributed by atoms with Crippen LogP contribution in [0.5, 0.6) is 0 Å². The van der Waals surface area contributed by atoms with Gasteiger partial charge in [-0.1, -0.05) is 49.7 Å². The summed E-state index contributed by atoms with van der Waals surface area (Å²) in [5.41, 5.74) is 1.17. The smallest absolute Gasteiger partial charge is 0.339 e. The summed E-state index contributed by atoms with van der Waals surface area (Å²) in [5.74, 6) is -0.887. The number of rotatable bonds is 6. The molecule has 24 heavy (non-hydrogen) atoms. The van der Waals surface area contributed by atoms with Gasteiger partial charge in [-0.3, -0.25) is 0 Å². The maximum atomic E-state index is 12.3. The molecule has 4 nitrogen and oxygen atoms in total. The number of carbonyl (C=O) groups is 2. The van der Waals surface area contributed by atoms with Gasteiger partial charge in [-0.15, -0.1) is 0 Å². The van der Waals surface area contributed by atoms with Crippen molar-refractivity contribution in [3.05, 3.63) is 70.2 Å². The van der Waals surface area contributed by atoms with Crippen LogP contribution in [0.25, 0.3) is 0 Å². The molecule has 0 fully saturated rings. The van der Waals surface area contributed by atoms with Gasteiger partial charge in [-0.25, -0.2) is 9.59 Å². The minimum atomic E-state index is -0.577. The number of ether oxygens (including phenoxy) is 2. The zero-order valence-corrected chi connectivity index (χ0v) is 14.4. The molecule has 0 heterocycles. The highest BCUT2D eigenvalue weighted by atomic mass is 35.5. The summed E-state index contributed by atoms with van der Waals surface area (Å²) in [5, 5.41) is 0.571. The van der Waals surface area contributed by atoms with Crippen molar-refractivity contribution in [2.24, 2.45) is 5.92 Å². The lowest BCUT2D eigenvalue weighted by molar-refractivity contribution is 0.0418. The maximum Gasteiger partial charge on any atom is 0.339 e. The van der Waals surface area contributed by atoms with E-state index in [9.17, 15) is 9.59 Å². The van der Waals surface area contributed by atoms with E-state index in [1.807, 2.05) is 19.9 Å². The van der Waals surface area contributed by atoms with Crippen LogP contribution in [-0.4, -0.2) is 18.5 Å². The van der Waals surface area contributed by atoms with Crippen molar-refractivity contribution in [2.75, 3.05) is 6.61 Å². The van der Waals surface area contributed by atoms with Crippen molar-refractivity contribution < 1.29 is 19.1 Å². The van der Waals surface area contributed by atoms with E-state index in [4.69, 9.17) is 21.1 Å². The number of carbonyl (C=O) groups excluding carboxylic acids is 2. The van der Waals surface area contributed by atoms with Crippen LogP contribution in [0.4, 0.5) is 0 Å². The number of hydrogen-bond acceptors (Lipinski definition) is 4. The molecule has 0 spiro atoms. The predicted octanol–water partition coefficient (Wildman–Crippen LogP) is 4.51. The van der Waals surface area contributed by atoms with Gasteiger partial charge in [0.1, 0.15) is 6.61 Å². The fraction of sp³-hybridized carbons (Fsp3) is 0.263. The summed E-state index contributed by atoms with van der Waals surface area (Å²) >= 11 is 5.90. The summed E-state index contributed by atoms with van der Waals surface area (Å²) in [6.07, 6.45) is 0. The fourth-order valence-corrected chi connectivity index (χ4v) is 2.23. The van der Waals surface area contributed by atoms with Gasteiger partial charge in [0.15, 0.2) is 0 Å². The molecule has 0 aliphatic heterocycles. The van der Waals surface area contributed by atoms with Crippen molar-refractivity contribution >= 4 is 23.5 Å². The van der Waals surface area contributed by atoms with Crippen molar-refractivity contribution in [3.63, 3.8) is 0 Å². The van der Waals surface area contributed by atoms with E-state index in [1.54, 1.807) is 42.5 Å². The SMILES string of the molecule is CC(C)COC(=O)c1ccccc1C(=O)OCc1cccc(Cl)c1. The number of esters is 2. The zero-order valence-electron chi connectivity index (χ0n) is 13.6. The second-order valence-electron chi connectivity index (χ2n) is 5.74. The molecule has 0 radical (unpaired) electrons. The van der Waals surface area contributed by atoms with E-state index in [2.05, 4.69) is 0 Å². The molecule has 5 heteroatoms. The molecule has 2 aromatic carbocycles. The average molecular weight is 347 g/mol. The van der Waals surface area contributed by atoms with E-state index < -0.39 is 11.9 Å². The first-order chi connectivity index (χ1) is 11.5. The summed E-state index contributed by atoms with van der Waals surface area (Å²) in [6.45, 7) is 4.26. The van der Waals surface area contributed by atoms with Crippen LogP contribution >= 0.6 is 11.6 Å². The third-order valence-electron chi connectivity index (χ3n) is 3.17. The highest BCUT2D eigenvalue weighted by Gasteiger charge is 2.19. The van der Waals surface area contributed by atoms with Crippen LogP contribution in [-0.2, 0) is 16.1 Å². The molecule has 2 rings (SSSR count). The Balaban J connectivity index is 2.07. The Kier molecular flexibility index (Phi) is 6.38. The van der Waals surface area contributed by atoms with Crippen molar-refractivity contribution in [2.45, 2.75) is 20.5 Å². The third kappa shape index (κ3) is 5.10.